The van der Waals surface area contributed by atoms with E-state index in [4.69, 9.17) is 22.1 Å². The Morgan fingerprint density at radius 3 is 3.20 bits per heavy atom. The lowest BCUT2D eigenvalue weighted by Crippen LogP contribution is -2.32. The van der Waals surface area contributed by atoms with Crippen LogP contribution >= 0.6 is 11.6 Å². The predicted molar refractivity (Wildman–Crippen MR) is 59.9 cm³/mol. The normalized spacial score (nSPS) is 22.9. The molecule has 2 N–H and O–H groups in total. The molecule has 1 aliphatic rings. The average molecular weight is 227 g/mol. The highest BCUT2D eigenvalue weighted by molar-refractivity contribution is 6.31. The Bertz CT molecular complexity index is 326. The summed E-state index contributed by atoms with van der Waals surface area (Å²) in [5.41, 5.74) is 7.20. The van der Waals surface area contributed by atoms with Crippen LogP contribution in [-0.2, 0) is 11.2 Å². The first-order valence-corrected chi connectivity index (χ1v) is 5.57. The molecule has 0 bridgehead atoms. The summed E-state index contributed by atoms with van der Waals surface area (Å²) in [6.45, 7) is 1.62. The van der Waals surface area contributed by atoms with Crippen LogP contribution in [0.5, 0.6) is 0 Å². The standard InChI is InChI=1S/C11H15ClN2O/c12-10-6-14-3-1-8(10)5-11(13)9-2-4-15-7-9/h1,3,6,9,11H,2,4-5,7,13H2. The summed E-state index contributed by atoms with van der Waals surface area (Å²) in [7, 11) is 0. The zero-order valence-electron chi connectivity index (χ0n) is 8.53. The second kappa shape index (κ2) is 4.92. The third-order valence-corrected chi connectivity index (χ3v) is 3.22. The van der Waals surface area contributed by atoms with Crippen molar-refractivity contribution < 1.29 is 4.74 Å². The number of pyridine rings is 1. The lowest BCUT2D eigenvalue weighted by molar-refractivity contribution is 0.180. The third-order valence-electron chi connectivity index (χ3n) is 2.88. The molecule has 4 heteroatoms. The average Bonchev–Trinajstić information content (AvgIpc) is 2.74. The summed E-state index contributed by atoms with van der Waals surface area (Å²) in [5, 5.41) is 0.701. The number of nitrogens with two attached hydrogens (primary N) is 1. The summed E-state index contributed by atoms with van der Waals surface area (Å²) in [6.07, 6.45) is 5.27. The van der Waals surface area contributed by atoms with Crippen LogP contribution in [-0.4, -0.2) is 24.2 Å². The Balaban J connectivity index is 1.99. The first-order valence-electron chi connectivity index (χ1n) is 5.19. The van der Waals surface area contributed by atoms with Gasteiger partial charge in [0.25, 0.3) is 0 Å². The zero-order chi connectivity index (χ0) is 10.7. The molecule has 3 nitrogen and oxygen atoms in total. The maximum absolute atomic E-state index is 6.12. The molecule has 82 valence electrons. The molecular weight excluding hydrogens is 212 g/mol. The van der Waals surface area contributed by atoms with E-state index in [-0.39, 0.29) is 6.04 Å². The minimum atomic E-state index is 0.132. The first kappa shape index (κ1) is 10.9. The van der Waals surface area contributed by atoms with Crippen molar-refractivity contribution in [2.75, 3.05) is 13.2 Å². The van der Waals surface area contributed by atoms with Crippen LogP contribution in [0.25, 0.3) is 0 Å². The van der Waals surface area contributed by atoms with E-state index in [9.17, 15) is 0 Å². The lowest BCUT2D eigenvalue weighted by Gasteiger charge is -2.17. The van der Waals surface area contributed by atoms with Crippen LogP contribution in [0.2, 0.25) is 5.02 Å². The van der Waals surface area contributed by atoms with Gasteiger partial charge in [-0.05, 0) is 30.4 Å². The number of hydrogen-bond donors (Lipinski definition) is 1. The molecule has 15 heavy (non-hydrogen) atoms. The smallest absolute Gasteiger partial charge is 0.0621 e. The fraction of sp³-hybridized carbons (Fsp3) is 0.545. The highest BCUT2D eigenvalue weighted by Gasteiger charge is 2.23. The van der Waals surface area contributed by atoms with Crippen molar-refractivity contribution in [3.05, 3.63) is 29.0 Å². The van der Waals surface area contributed by atoms with Gasteiger partial charge >= 0.3 is 0 Å². The maximum atomic E-state index is 6.12. The third kappa shape index (κ3) is 2.68. The highest BCUT2D eigenvalue weighted by atomic mass is 35.5. The van der Waals surface area contributed by atoms with Crippen molar-refractivity contribution in [1.82, 2.24) is 4.98 Å². The van der Waals surface area contributed by atoms with Gasteiger partial charge in [0, 0.05) is 25.0 Å². The molecule has 0 spiro atoms. The lowest BCUT2D eigenvalue weighted by atomic mass is 9.94. The molecule has 2 unspecified atom stereocenters. The van der Waals surface area contributed by atoms with Gasteiger partial charge in [0.1, 0.15) is 0 Å². The summed E-state index contributed by atoms with van der Waals surface area (Å²) in [4.78, 5) is 3.95. The molecule has 1 aromatic rings. The quantitative estimate of drug-likeness (QED) is 0.853. The molecule has 2 rings (SSSR count). The van der Waals surface area contributed by atoms with Crippen LogP contribution in [0.1, 0.15) is 12.0 Å². The van der Waals surface area contributed by atoms with E-state index in [2.05, 4.69) is 4.98 Å². The largest absolute Gasteiger partial charge is 0.381 e. The van der Waals surface area contributed by atoms with Gasteiger partial charge in [-0.25, -0.2) is 0 Å². The molecule has 2 atom stereocenters. The summed E-state index contributed by atoms with van der Waals surface area (Å²) in [5.74, 6) is 0.467. The van der Waals surface area contributed by atoms with E-state index >= 15 is 0 Å². The van der Waals surface area contributed by atoms with Crippen molar-refractivity contribution in [2.45, 2.75) is 18.9 Å². The van der Waals surface area contributed by atoms with E-state index in [1.54, 1.807) is 12.4 Å². The van der Waals surface area contributed by atoms with Gasteiger partial charge in [0.05, 0.1) is 11.6 Å². The summed E-state index contributed by atoms with van der Waals surface area (Å²) >= 11 is 6.03. The molecule has 0 radical (unpaired) electrons. The number of hydrogen-bond acceptors (Lipinski definition) is 3. The van der Waals surface area contributed by atoms with Crippen LogP contribution in [0.4, 0.5) is 0 Å². The highest BCUT2D eigenvalue weighted by Crippen LogP contribution is 2.21. The fourth-order valence-corrected chi connectivity index (χ4v) is 2.08. The minimum absolute atomic E-state index is 0.132. The second-order valence-electron chi connectivity index (χ2n) is 3.96. The van der Waals surface area contributed by atoms with Crippen LogP contribution in [0.3, 0.4) is 0 Å². The van der Waals surface area contributed by atoms with Gasteiger partial charge < -0.3 is 10.5 Å². The Morgan fingerprint density at radius 2 is 2.53 bits per heavy atom. The van der Waals surface area contributed by atoms with Crippen molar-refractivity contribution in [3.63, 3.8) is 0 Å². The van der Waals surface area contributed by atoms with E-state index in [0.717, 1.165) is 31.6 Å². The number of aromatic nitrogens is 1. The van der Waals surface area contributed by atoms with E-state index in [1.165, 1.54) is 0 Å². The molecule has 1 fully saturated rings. The second-order valence-corrected chi connectivity index (χ2v) is 4.37. The van der Waals surface area contributed by atoms with Gasteiger partial charge in [-0.3, -0.25) is 4.98 Å². The maximum Gasteiger partial charge on any atom is 0.0621 e. The summed E-state index contributed by atoms with van der Waals surface area (Å²) in [6, 6.07) is 2.06. The van der Waals surface area contributed by atoms with E-state index in [1.807, 2.05) is 6.07 Å². The SMILES string of the molecule is NC(Cc1ccncc1Cl)C1CCOC1. The fourth-order valence-electron chi connectivity index (χ4n) is 1.88. The summed E-state index contributed by atoms with van der Waals surface area (Å²) < 4.78 is 5.32. The molecule has 2 heterocycles. The predicted octanol–water partition coefficient (Wildman–Crippen LogP) is 1.64. The molecular formula is C11H15ClN2O. The number of halogens is 1. The van der Waals surface area contributed by atoms with E-state index in [0.29, 0.717) is 10.9 Å². The van der Waals surface area contributed by atoms with E-state index < -0.39 is 0 Å². The minimum Gasteiger partial charge on any atom is -0.381 e. The Kier molecular flexibility index (Phi) is 3.57. The first-order chi connectivity index (χ1) is 7.27. The Hall–Kier alpha value is -0.640. The van der Waals surface area contributed by atoms with Crippen molar-refractivity contribution in [3.8, 4) is 0 Å². The van der Waals surface area contributed by atoms with Gasteiger partial charge in [-0.2, -0.15) is 0 Å². The molecule has 1 aromatic heterocycles. The monoisotopic (exact) mass is 226 g/mol. The van der Waals surface area contributed by atoms with Crippen molar-refractivity contribution in [2.24, 2.45) is 11.7 Å². The van der Waals surface area contributed by atoms with Crippen LogP contribution < -0.4 is 5.73 Å². The molecule has 0 saturated carbocycles. The van der Waals surface area contributed by atoms with Gasteiger partial charge in [-0.1, -0.05) is 11.6 Å². The molecule has 1 aliphatic heterocycles. The molecule has 0 aromatic carbocycles. The number of rotatable bonds is 3. The Labute approximate surface area is 94.6 Å². The number of ether oxygens (including phenoxy) is 1. The zero-order valence-corrected chi connectivity index (χ0v) is 9.28. The Morgan fingerprint density at radius 1 is 1.67 bits per heavy atom. The van der Waals surface area contributed by atoms with Crippen molar-refractivity contribution >= 4 is 11.6 Å². The number of nitrogens with zero attached hydrogens (tertiary/aromatic N) is 1. The van der Waals surface area contributed by atoms with Gasteiger partial charge in [-0.15, -0.1) is 0 Å². The van der Waals surface area contributed by atoms with Crippen molar-refractivity contribution in [1.29, 1.82) is 0 Å². The van der Waals surface area contributed by atoms with Gasteiger partial charge in [0.2, 0.25) is 0 Å². The topological polar surface area (TPSA) is 48.1 Å². The van der Waals surface area contributed by atoms with Crippen LogP contribution in [0, 0.1) is 5.92 Å². The molecule has 1 saturated heterocycles. The molecule has 0 aliphatic carbocycles. The molecule has 0 amide bonds. The van der Waals surface area contributed by atoms with Crippen LogP contribution in [0.15, 0.2) is 18.5 Å². The van der Waals surface area contributed by atoms with Gasteiger partial charge in [0.15, 0.2) is 0 Å².